The van der Waals surface area contributed by atoms with Gasteiger partial charge in [-0.05, 0) is 17.7 Å². The van der Waals surface area contributed by atoms with Crippen molar-refractivity contribution in [1.82, 2.24) is 9.13 Å². The molecule has 5 nitrogen and oxygen atoms in total. The SMILES string of the molecule is COc1cc2c3ccn(C)c(=O)c3n(C)c2cc1OCc1ccccc1. The number of rotatable bonds is 4. The Labute approximate surface area is 151 Å². The van der Waals surface area contributed by atoms with Gasteiger partial charge in [0.2, 0.25) is 0 Å². The molecule has 26 heavy (non-hydrogen) atoms. The molecule has 4 aromatic rings. The van der Waals surface area contributed by atoms with Crippen molar-refractivity contribution in [3.05, 3.63) is 70.6 Å². The number of aromatic nitrogens is 2. The van der Waals surface area contributed by atoms with E-state index in [1.165, 1.54) is 0 Å². The van der Waals surface area contributed by atoms with Gasteiger partial charge < -0.3 is 18.6 Å². The Kier molecular flexibility index (Phi) is 3.92. The molecule has 0 spiro atoms. The summed E-state index contributed by atoms with van der Waals surface area (Å²) < 4.78 is 15.0. The standard InChI is InChI=1S/C21H20N2O3/c1-22-10-9-15-16-11-18(25-3)19(26-13-14-7-5-4-6-8-14)12-17(16)23(2)20(15)21(22)24/h4-12H,13H2,1-3H3. The molecule has 0 N–H and O–H groups in total. The van der Waals surface area contributed by atoms with E-state index in [-0.39, 0.29) is 5.56 Å². The first-order valence-corrected chi connectivity index (χ1v) is 8.42. The zero-order chi connectivity index (χ0) is 18.3. The molecule has 132 valence electrons. The first-order chi connectivity index (χ1) is 12.6. The molecule has 0 bridgehead atoms. The molecule has 5 heteroatoms. The average Bonchev–Trinajstić information content (AvgIpc) is 2.95. The molecule has 4 rings (SSSR count). The summed E-state index contributed by atoms with van der Waals surface area (Å²) >= 11 is 0. The molecular formula is C21H20N2O3. The molecule has 2 aromatic carbocycles. The maximum atomic E-state index is 12.5. The van der Waals surface area contributed by atoms with E-state index in [0.29, 0.717) is 23.6 Å². The summed E-state index contributed by atoms with van der Waals surface area (Å²) in [6.07, 6.45) is 1.79. The van der Waals surface area contributed by atoms with Crippen LogP contribution in [0.2, 0.25) is 0 Å². The zero-order valence-corrected chi connectivity index (χ0v) is 15.0. The molecular weight excluding hydrogens is 328 g/mol. The van der Waals surface area contributed by atoms with E-state index < -0.39 is 0 Å². The van der Waals surface area contributed by atoms with Crippen LogP contribution in [0.5, 0.6) is 11.5 Å². The van der Waals surface area contributed by atoms with Crippen molar-refractivity contribution in [2.75, 3.05) is 7.11 Å². The third-order valence-electron chi connectivity index (χ3n) is 4.75. The van der Waals surface area contributed by atoms with Crippen LogP contribution < -0.4 is 15.0 Å². The van der Waals surface area contributed by atoms with Crippen molar-refractivity contribution in [2.24, 2.45) is 14.1 Å². The molecule has 0 aliphatic carbocycles. The van der Waals surface area contributed by atoms with Crippen molar-refractivity contribution in [1.29, 1.82) is 0 Å². The van der Waals surface area contributed by atoms with Gasteiger partial charge in [-0.2, -0.15) is 0 Å². The predicted molar refractivity (Wildman–Crippen MR) is 103 cm³/mol. The fourth-order valence-corrected chi connectivity index (χ4v) is 3.33. The number of hydrogen-bond donors (Lipinski definition) is 0. The van der Waals surface area contributed by atoms with Crippen molar-refractivity contribution < 1.29 is 9.47 Å². The topological polar surface area (TPSA) is 45.4 Å². The average molecular weight is 348 g/mol. The van der Waals surface area contributed by atoms with Crippen LogP contribution >= 0.6 is 0 Å². The summed E-state index contributed by atoms with van der Waals surface area (Å²) in [4.78, 5) is 12.5. The molecule has 0 aliphatic rings. The maximum Gasteiger partial charge on any atom is 0.274 e. The lowest BCUT2D eigenvalue weighted by Crippen LogP contribution is -2.17. The minimum Gasteiger partial charge on any atom is -0.493 e. The van der Waals surface area contributed by atoms with Gasteiger partial charge in [0.05, 0.1) is 12.6 Å². The number of pyridine rings is 1. The number of aryl methyl sites for hydroxylation is 2. The fourth-order valence-electron chi connectivity index (χ4n) is 3.33. The van der Waals surface area contributed by atoms with Crippen LogP contribution in [0.1, 0.15) is 5.56 Å². The van der Waals surface area contributed by atoms with E-state index in [1.54, 1.807) is 24.9 Å². The van der Waals surface area contributed by atoms with E-state index >= 15 is 0 Å². The second-order valence-corrected chi connectivity index (χ2v) is 6.35. The molecule has 0 saturated carbocycles. The summed E-state index contributed by atoms with van der Waals surface area (Å²) in [6, 6.07) is 15.8. The van der Waals surface area contributed by atoms with Gasteiger partial charge in [0.25, 0.3) is 5.56 Å². The van der Waals surface area contributed by atoms with Crippen LogP contribution in [0.25, 0.3) is 21.8 Å². The third kappa shape index (κ3) is 2.52. The summed E-state index contributed by atoms with van der Waals surface area (Å²) in [7, 11) is 5.29. The number of nitrogens with zero attached hydrogens (tertiary/aromatic N) is 2. The lowest BCUT2D eigenvalue weighted by atomic mass is 10.1. The van der Waals surface area contributed by atoms with Gasteiger partial charge in [0.15, 0.2) is 11.5 Å². The molecule has 0 unspecified atom stereocenters. The van der Waals surface area contributed by atoms with Crippen LogP contribution in [-0.4, -0.2) is 16.2 Å². The number of methoxy groups -OCH3 is 1. The Bertz CT molecular complexity index is 1160. The lowest BCUT2D eigenvalue weighted by molar-refractivity contribution is 0.285. The number of fused-ring (bicyclic) bond motifs is 3. The molecule has 0 atom stereocenters. The molecule has 2 aromatic heterocycles. The second-order valence-electron chi connectivity index (χ2n) is 6.35. The summed E-state index contributed by atoms with van der Waals surface area (Å²) in [5.74, 6) is 1.31. The van der Waals surface area contributed by atoms with Crippen molar-refractivity contribution in [3.8, 4) is 11.5 Å². The normalized spacial score (nSPS) is 11.2. The third-order valence-corrected chi connectivity index (χ3v) is 4.75. The van der Waals surface area contributed by atoms with Crippen LogP contribution in [0.15, 0.2) is 59.5 Å². The smallest absolute Gasteiger partial charge is 0.274 e. The molecule has 0 radical (unpaired) electrons. The quantitative estimate of drug-likeness (QED) is 0.566. The zero-order valence-electron chi connectivity index (χ0n) is 15.0. The van der Waals surface area contributed by atoms with Crippen molar-refractivity contribution in [2.45, 2.75) is 6.61 Å². The molecule has 0 fully saturated rings. The minimum atomic E-state index is -0.0214. The summed E-state index contributed by atoms with van der Waals surface area (Å²) in [5.41, 5.74) is 2.67. The lowest BCUT2D eigenvalue weighted by Gasteiger charge is -2.11. The van der Waals surface area contributed by atoms with Crippen LogP contribution in [0.4, 0.5) is 0 Å². The van der Waals surface area contributed by atoms with Crippen LogP contribution in [0, 0.1) is 0 Å². The van der Waals surface area contributed by atoms with E-state index in [4.69, 9.17) is 9.47 Å². The Hall–Kier alpha value is -3.21. The van der Waals surface area contributed by atoms with Crippen LogP contribution in [0.3, 0.4) is 0 Å². The predicted octanol–water partition coefficient (Wildman–Crippen LogP) is 3.62. The highest BCUT2D eigenvalue weighted by Gasteiger charge is 2.16. The Balaban J connectivity index is 1.86. The van der Waals surface area contributed by atoms with E-state index in [9.17, 15) is 4.79 Å². The Morgan fingerprint density at radius 2 is 1.73 bits per heavy atom. The second kappa shape index (κ2) is 6.26. The fraction of sp³-hybridized carbons (Fsp3) is 0.190. The van der Waals surface area contributed by atoms with Crippen LogP contribution in [-0.2, 0) is 20.7 Å². The van der Waals surface area contributed by atoms with Gasteiger partial charge in [0.1, 0.15) is 12.1 Å². The first-order valence-electron chi connectivity index (χ1n) is 8.42. The largest absolute Gasteiger partial charge is 0.493 e. The van der Waals surface area contributed by atoms with E-state index in [0.717, 1.165) is 21.9 Å². The van der Waals surface area contributed by atoms with Gasteiger partial charge in [-0.25, -0.2) is 0 Å². The van der Waals surface area contributed by atoms with Crippen molar-refractivity contribution >= 4 is 21.8 Å². The first kappa shape index (κ1) is 16.3. The molecule has 2 heterocycles. The van der Waals surface area contributed by atoms with Gasteiger partial charge in [-0.3, -0.25) is 4.79 Å². The summed E-state index contributed by atoms with van der Waals surface area (Å²) in [5, 5.41) is 1.89. The highest BCUT2D eigenvalue weighted by Crippen LogP contribution is 2.36. The van der Waals surface area contributed by atoms with Gasteiger partial charge in [0, 0.05) is 37.1 Å². The van der Waals surface area contributed by atoms with Gasteiger partial charge >= 0.3 is 0 Å². The highest BCUT2D eigenvalue weighted by molar-refractivity contribution is 6.08. The molecule has 0 saturated heterocycles. The van der Waals surface area contributed by atoms with Crippen molar-refractivity contribution in [3.63, 3.8) is 0 Å². The van der Waals surface area contributed by atoms with Gasteiger partial charge in [-0.15, -0.1) is 0 Å². The Morgan fingerprint density at radius 3 is 2.46 bits per heavy atom. The molecule has 0 aliphatic heterocycles. The van der Waals surface area contributed by atoms with E-state index in [1.807, 2.05) is 60.1 Å². The highest BCUT2D eigenvalue weighted by atomic mass is 16.5. The Morgan fingerprint density at radius 1 is 0.962 bits per heavy atom. The molecule has 0 amide bonds. The van der Waals surface area contributed by atoms with Gasteiger partial charge in [-0.1, -0.05) is 30.3 Å². The maximum absolute atomic E-state index is 12.5. The van der Waals surface area contributed by atoms with E-state index in [2.05, 4.69) is 0 Å². The number of ether oxygens (including phenoxy) is 2. The monoisotopic (exact) mass is 348 g/mol. The minimum absolute atomic E-state index is 0.0214. The number of hydrogen-bond acceptors (Lipinski definition) is 3. The summed E-state index contributed by atoms with van der Waals surface area (Å²) in [6.45, 7) is 0.453. The number of benzene rings is 2.